The molecule has 2 amide bonds. The fourth-order valence-corrected chi connectivity index (χ4v) is 4.51. The first-order chi connectivity index (χ1) is 16.0. The van der Waals surface area contributed by atoms with Crippen molar-refractivity contribution in [3.63, 3.8) is 0 Å². The predicted molar refractivity (Wildman–Crippen MR) is 123 cm³/mol. The van der Waals surface area contributed by atoms with Crippen molar-refractivity contribution < 1.29 is 28.6 Å². The van der Waals surface area contributed by atoms with Gasteiger partial charge >= 0.3 is 5.97 Å². The highest BCUT2D eigenvalue weighted by molar-refractivity contribution is 5.98. The summed E-state index contributed by atoms with van der Waals surface area (Å²) in [6.45, 7) is 5.72. The van der Waals surface area contributed by atoms with Gasteiger partial charge in [0.15, 0.2) is 18.1 Å². The number of nitrogens with zero attached hydrogens (tertiary/aromatic N) is 1. The Labute approximate surface area is 195 Å². The highest BCUT2D eigenvalue weighted by Gasteiger charge is 2.42. The van der Waals surface area contributed by atoms with Crippen molar-refractivity contribution >= 4 is 17.8 Å². The maximum absolute atomic E-state index is 13.1. The number of likely N-dealkylation sites (tertiary alicyclic amines) is 1. The van der Waals surface area contributed by atoms with E-state index in [0.29, 0.717) is 36.5 Å². The third kappa shape index (κ3) is 6.39. The van der Waals surface area contributed by atoms with Gasteiger partial charge in [0, 0.05) is 18.7 Å². The summed E-state index contributed by atoms with van der Waals surface area (Å²) < 4.78 is 16.7. The lowest BCUT2D eigenvalue weighted by Gasteiger charge is -2.35. The molecule has 1 aliphatic heterocycles. The van der Waals surface area contributed by atoms with Crippen molar-refractivity contribution in [3.8, 4) is 11.5 Å². The van der Waals surface area contributed by atoms with Gasteiger partial charge in [-0.15, -0.1) is 0 Å². The number of benzene rings is 1. The minimum Gasteiger partial charge on any atom is -0.490 e. The quantitative estimate of drug-likeness (QED) is 0.567. The van der Waals surface area contributed by atoms with Gasteiger partial charge in [-0.1, -0.05) is 19.3 Å². The third-order valence-corrected chi connectivity index (χ3v) is 6.29. The Morgan fingerprint density at radius 2 is 1.61 bits per heavy atom. The Balaban J connectivity index is 1.70. The molecule has 0 bridgehead atoms. The van der Waals surface area contributed by atoms with Crippen LogP contribution in [0.4, 0.5) is 0 Å². The van der Waals surface area contributed by atoms with Crippen LogP contribution in [0.5, 0.6) is 11.5 Å². The molecule has 0 unspecified atom stereocenters. The Kier molecular flexibility index (Phi) is 8.97. The number of carbonyl (C=O) groups is 3. The highest BCUT2D eigenvalue weighted by atomic mass is 16.5. The van der Waals surface area contributed by atoms with Gasteiger partial charge in [-0.25, -0.2) is 4.79 Å². The standard InChI is InChI=1S/C25H36N2O6/c1-3-31-21-17-19(11-12-20(21)33-18-22(28)27-15-9-6-10-16-27)23(29)26-25(24(30)32-4-2)13-7-5-8-14-25/h11-12,17H,3-10,13-16,18H2,1-2H3,(H,26,29). The normalized spacial score (nSPS) is 17.7. The van der Waals surface area contributed by atoms with Gasteiger partial charge in [0.05, 0.1) is 13.2 Å². The Hall–Kier alpha value is -2.77. The number of piperidine rings is 1. The molecule has 1 saturated carbocycles. The van der Waals surface area contributed by atoms with Crippen LogP contribution in [0.1, 0.15) is 75.6 Å². The first-order valence-corrected chi connectivity index (χ1v) is 12.2. The van der Waals surface area contributed by atoms with E-state index in [4.69, 9.17) is 14.2 Å². The third-order valence-electron chi connectivity index (χ3n) is 6.29. The monoisotopic (exact) mass is 460 g/mol. The van der Waals surface area contributed by atoms with Crippen molar-refractivity contribution in [2.24, 2.45) is 0 Å². The zero-order valence-corrected chi connectivity index (χ0v) is 19.8. The molecule has 1 aromatic carbocycles. The Morgan fingerprint density at radius 3 is 2.27 bits per heavy atom. The Morgan fingerprint density at radius 1 is 0.909 bits per heavy atom. The molecule has 182 valence electrons. The van der Waals surface area contributed by atoms with E-state index in [0.717, 1.165) is 51.6 Å². The lowest BCUT2D eigenvalue weighted by Crippen LogP contribution is -2.56. The second-order valence-electron chi connectivity index (χ2n) is 8.64. The van der Waals surface area contributed by atoms with Gasteiger partial charge in [0.1, 0.15) is 5.54 Å². The summed E-state index contributed by atoms with van der Waals surface area (Å²) in [6, 6.07) is 4.86. The van der Waals surface area contributed by atoms with E-state index in [-0.39, 0.29) is 31.0 Å². The van der Waals surface area contributed by atoms with Crippen LogP contribution in [0.2, 0.25) is 0 Å². The first kappa shape index (κ1) is 24.9. The molecule has 1 N–H and O–H groups in total. The van der Waals surface area contributed by atoms with Crippen LogP contribution in [0, 0.1) is 0 Å². The fourth-order valence-electron chi connectivity index (χ4n) is 4.51. The van der Waals surface area contributed by atoms with E-state index >= 15 is 0 Å². The van der Waals surface area contributed by atoms with E-state index in [1.54, 1.807) is 25.1 Å². The van der Waals surface area contributed by atoms with Crippen molar-refractivity contribution in [3.05, 3.63) is 23.8 Å². The van der Waals surface area contributed by atoms with E-state index in [9.17, 15) is 14.4 Å². The second-order valence-corrected chi connectivity index (χ2v) is 8.64. The van der Waals surface area contributed by atoms with Crippen LogP contribution in [-0.2, 0) is 14.3 Å². The van der Waals surface area contributed by atoms with Crippen LogP contribution < -0.4 is 14.8 Å². The molecule has 0 spiro atoms. The molecule has 2 aliphatic rings. The summed E-state index contributed by atoms with van der Waals surface area (Å²) in [7, 11) is 0. The van der Waals surface area contributed by atoms with Crippen LogP contribution >= 0.6 is 0 Å². The minimum absolute atomic E-state index is 0.0485. The number of esters is 1. The van der Waals surface area contributed by atoms with Crippen LogP contribution in [0.25, 0.3) is 0 Å². The molecule has 0 radical (unpaired) electrons. The molecule has 1 heterocycles. The van der Waals surface area contributed by atoms with Crippen molar-refractivity contribution in [2.75, 3.05) is 32.9 Å². The molecule has 0 atom stereocenters. The zero-order valence-electron chi connectivity index (χ0n) is 19.8. The highest BCUT2D eigenvalue weighted by Crippen LogP contribution is 2.32. The second kappa shape index (κ2) is 11.9. The number of carbonyl (C=O) groups excluding carboxylic acids is 3. The number of nitrogens with one attached hydrogen (secondary N) is 1. The molecule has 0 aromatic heterocycles. The number of ether oxygens (including phenoxy) is 3. The molecule has 1 aromatic rings. The fraction of sp³-hybridized carbons (Fsp3) is 0.640. The number of hydrogen-bond acceptors (Lipinski definition) is 6. The molecule has 2 fully saturated rings. The van der Waals surface area contributed by atoms with Crippen molar-refractivity contribution in [2.45, 2.75) is 70.8 Å². The smallest absolute Gasteiger partial charge is 0.331 e. The topological polar surface area (TPSA) is 94.2 Å². The van der Waals surface area contributed by atoms with Crippen LogP contribution in [0.3, 0.4) is 0 Å². The number of rotatable bonds is 9. The van der Waals surface area contributed by atoms with Crippen LogP contribution in [-0.4, -0.2) is 61.1 Å². The minimum atomic E-state index is -0.993. The molecule has 1 saturated heterocycles. The lowest BCUT2D eigenvalue weighted by molar-refractivity contribution is -0.152. The van der Waals surface area contributed by atoms with Gasteiger partial charge < -0.3 is 24.4 Å². The van der Waals surface area contributed by atoms with E-state index < -0.39 is 5.54 Å². The molecular formula is C25H36N2O6. The summed E-state index contributed by atoms with van der Waals surface area (Å²) in [5, 5.41) is 2.94. The van der Waals surface area contributed by atoms with Gasteiger partial charge in [-0.05, 0) is 64.2 Å². The number of hydrogen-bond donors (Lipinski definition) is 1. The maximum atomic E-state index is 13.1. The van der Waals surface area contributed by atoms with Gasteiger partial charge in [0.2, 0.25) is 0 Å². The van der Waals surface area contributed by atoms with Crippen LogP contribution in [0.15, 0.2) is 18.2 Å². The van der Waals surface area contributed by atoms with E-state index in [1.807, 2.05) is 11.8 Å². The summed E-state index contributed by atoms with van der Waals surface area (Å²) >= 11 is 0. The van der Waals surface area contributed by atoms with E-state index in [2.05, 4.69) is 5.32 Å². The predicted octanol–water partition coefficient (Wildman–Crippen LogP) is 3.47. The summed E-state index contributed by atoms with van der Waals surface area (Å²) in [6.07, 6.45) is 7.08. The lowest BCUT2D eigenvalue weighted by atomic mass is 9.81. The number of amides is 2. The first-order valence-electron chi connectivity index (χ1n) is 12.2. The average Bonchev–Trinajstić information content (AvgIpc) is 2.84. The summed E-state index contributed by atoms with van der Waals surface area (Å²) in [4.78, 5) is 40.0. The van der Waals surface area contributed by atoms with Crippen molar-refractivity contribution in [1.29, 1.82) is 0 Å². The maximum Gasteiger partial charge on any atom is 0.331 e. The molecule has 8 nitrogen and oxygen atoms in total. The van der Waals surface area contributed by atoms with Crippen molar-refractivity contribution in [1.82, 2.24) is 10.2 Å². The summed E-state index contributed by atoms with van der Waals surface area (Å²) in [5.74, 6) is 0.0238. The zero-order chi connectivity index (χ0) is 23.7. The van der Waals surface area contributed by atoms with Gasteiger partial charge in [-0.3, -0.25) is 9.59 Å². The molecule has 33 heavy (non-hydrogen) atoms. The Bertz CT molecular complexity index is 828. The average molecular weight is 461 g/mol. The molecular weight excluding hydrogens is 424 g/mol. The summed E-state index contributed by atoms with van der Waals surface area (Å²) in [5.41, 5.74) is -0.630. The van der Waals surface area contributed by atoms with Gasteiger partial charge in [-0.2, -0.15) is 0 Å². The molecule has 8 heteroatoms. The SMILES string of the molecule is CCOC(=O)C1(NC(=O)c2ccc(OCC(=O)N3CCCCC3)c(OCC)c2)CCCCC1. The van der Waals surface area contributed by atoms with Gasteiger partial charge in [0.25, 0.3) is 11.8 Å². The molecule has 1 aliphatic carbocycles. The van der Waals surface area contributed by atoms with E-state index in [1.165, 1.54) is 0 Å². The largest absolute Gasteiger partial charge is 0.490 e. The molecule has 3 rings (SSSR count).